The molecular weight excluding hydrogens is 314 g/mol. The van der Waals surface area contributed by atoms with Crippen molar-refractivity contribution in [2.45, 2.75) is 64.5 Å². The summed E-state index contributed by atoms with van der Waals surface area (Å²) < 4.78 is 0. The Hall–Kier alpha value is -0.840. The molecule has 0 aliphatic heterocycles. The number of aryl methyl sites for hydroxylation is 1. The van der Waals surface area contributed by atoms with Crippen LogP contribution in [0.1, 0.15) is 64.0 Å². The number of benzene rings is 1. The van der Waals surface area contributed by atoms with E-state index in [0.717, 1.165) is 23.2 Å². The highest BCUT2D eigenvalue weighted by atomic mass is 32.2. The van der Waals surface area contributed by atoms with Crippen LogP contribution in [-0.4, -0.2) is 23.3 Å². The molecule has 4 N–H and O–H groups in total. The molecule has 1 aliphatic rings. The summed E-state index contributed by atoms with van der Waals surface area (Å²) in [5.41, 5.74) is 5.20. The fraction of sp³-hybridized carbons (Fsp3) is 0.650. The van der Waals surface area contributed by atoms with Gasteiger partial charge in [-0.05, 0) is 47.3 Å². The van der Waals surface area contributed by atoms with Crippen LogP contribution in [0.4, 0.5) is 0 Å². The summed E-state index contributed by atoms with van der Waals surface area (Å²) >= 11 is 2.14. The number of rotatable bonds is 7. The third kappa shape index (κ3) is 8.86. The normalized spacial score (nSPS) is 15.0. The SMILES string of the molecule is CC(C)SCC1CCCCC1.CCc1ccc(C(=N)CNN)cc1. The van der Waals surface area contributed by atoms with Crippen LogP contribution < -0.4 is 11.3 Å². The topological polar surface area (TPSA) is 61.9 Å². The third-order valence-electron chi connectivity index (χ3n) is 4.38. The fourth-order valence-electron chi connectivity index (χ4n) is 2.83. The largest absolute Gasteiger partial charge is 0.303 e. The van der Waals surface area contributed by atoms with Crippen LogP contribution in [-0.2, 0) is 6.42 Å². The molecule has 4 heteroatoms. The number of hydrazine groups is 1. The lowest BCUT2D eigenvalue weighted by molar-refractivity contribution is 0.390. The van der Waals surface area contributed by atoms with Crippen LogP contribution >= 0.6 is 11.8 Å². The van der Waals surface area contributed by atoms with Crippen LogP contribution in [0.3, 0.4) is 0 Å². The van der Waals surface area contributed by atoms with E-state index >= 15 is 0 Å². The lowest BCUT2D eigenvalue weighted by Crippen LogP contribution is -2.28. The van der Waals surface area contributed by atoms with Crippen molar-refractivity contribution in [3.8, 4) is 0 Å². The monoisotopic (exact) mass is 349 g/mol. The fourth-order valence-corrected chi connectivity index (χ4v) is 3.82. The summed E-state index contributed by atoms with van der Waals surface area (Å²) in [6.07, 6.45) is 8.50. The highest BCUT2D eigenvalue weighted by Gasteiger charge is 2.13. The van der Waals surface area contributed by atoms with Gasteiger partial charge < -0.3 is 5.41 Å². The van der Waals surface area contributed by atoms with Crippen LogP contribution in [0.2, 0.25) is 0 Å². The Balaban J connectivity index is 0.000000243. The Bertz CT molecular complexity index is 450. The number of nitrogens with one attached hydrogen (secondary N) is 2. The molecule has 0 heterocycles. The van der Waals surface area contributed by atoms with E-state index in [-0.39, 0.29) is 0 Å². The van der Waals surface area contributed by atoms with Crippen molar-refractivity contribution in [3.05, 3.63) is 35.4 Å². The maximum absolute atomic E-state index is 7.61. The maximum Gasteiger partial charge on any atom is 0.0538 e. The van der Waals surface area contributed by atoms with E-state index in [4.69, 9.17) is 11.3 Å². The van der Waals surface area contributed by atoms with E-state index in [9.17, 15) is 0 Å². The van der Waals surface area contributed by atoms with Crippen molar-refractivity contribution in [2.24, 2.45) is 11.8 Å². The molecule has 1 saturated carbocycles. The third-order valence-corrected chi connectivity index (χ3v) is 5.71. The first kappa shape index (κ1) is 21.2. The molecule has 0 unspecified atom stereocenters. The molecule has 0 spiro atoms. The Labute approximate surface area is 152 Å². The lowest BCUT2D eigenvalue weighted by Gasteiger charge is -2.21. The zero-order chi connectivity index (χ0) is 17.8. The van der Waals surface area contributed by atoms with Gasteiger partial charge in [-0.2, -0.15) is 11.8 Å². The molecule has 1 fully saturated rings. The highest BCUT2D eigenvalue weighted by Crippen LogP contribution is 2.27. The predicted octanol–water partition coefficient (Wildman–Crippen LogP) is 4.79. The van der Waals surface area contributed by atoms with Gasteiger partial charge in [0.15, 0.2) is 0 Å². The molecule has 24 heavy (non-hydrogen) atoms. The van der Waals surface area contributed by atoms with Crippen LogP contribution in [0.25, 0.3) is 0 Å². The highest BCUT2D eigenvalue weighted by molar-refractivity contribution is 7.99. The maximum atomic E-state index is 7.61. The van der Waals surface area contributed by atoms with Crippen molar-refractivity contribution in [3.63, 3.8) is 0 Å². The van der Waals surface area contributed by atoms with Crippen LogP contribution in [0, 0.1) is 11.3 Å². The molecule has 2 rings (SSSR count). The van der Waals surface area contributed by atoms with Crippen LogP contribution in [0.5, 0.6) is 0 Å². The number of thioether (sulfide) groups is 1. The van der Waals surface area contributed by atoms with Gasteiger partial charge in [-0.1, -0.05) is 64.3 Å². The van der Waals surface area contributed by atoms with Gasteiger partial charge in [0.1, 0.15) is 0 Å². The van der Waals surface area contributed by atoms with E-state index < -0.39 is 0 Å². The summed E-state index contributed by atoms with van der Waals surface area (Å²) in [6, 6.07) is 8.00. The van der Waals surface area contributed by atoms with E-state index in [2.05, 4.69) is 38.0 Å². The Morgan fingerprint density at radius 2 is 1.83 bits per heavy atom. The van der Waals surface area contributed by atoms with Gasteiger partial charge >= 0.3 is 0 Å². The Morgan fingerprint density at radius 1 is 1.21 bits per heavy atom. The molecule has 1 aromatic rings. The molecular formula is C20H35N3S. The van der Waals surface area contributed by atoms with Crippen molar-refractivity contribution < 1.29 is 0 Å². The first-order chi connectivity index (χ1) is 11.6. The van der Waals surface area contributed by atoms with Gasteiger partial charge in [-0.25, -0.2) is 0 Å². The van der Waals surface area contributed by atoms with Crippen molar-refractivity contribution in [1.82, 2.24) is 5.43 Å². The number of hydrogen-bond acceptors (Lipinski definition) is 4. The summed E-state index contributed by atoms with van der Waals surface area (Å²) in [7, 11) is 0. The van der Waals surface area contributed by atoms with Gasteiger partial charge in [0, 0.05) is 0 Å². The van der Waals surface area contributed by atoms with Crippen molar-refractivity contribution >= 4 is 17.5 Å². The minimum Gasteiger partial charge on any atom is -0.303 e. The molecule has 136 valence electrons. The summed E-state index contributed by atoms with van der Waals surface area (Å²) in [6.45, 7) is 7.12. The van der Waals surface area contributed by atoms with Gasteiger partial charge in [-0.15, -0.1) is 0 Å². The predicted molar refractivity (Wildman–Crippen MR) is 109 cm³/mol. The van der Waals surface area contributed by atoms with Gasteiger partial charge in [0.2, 0.25) is 0 Å². The van der Waals surface area contributed by atoms with Crippen molar-refractivity contribution in [1.29, 1.82) is 5.41 Å². The molecule has 0 saturated heterocycles. The quantitative estimate of drug-likeness (QED) is 0.377. The second-order valence-electron chi connectivity index (χ2n) is 6.80. The average Bonchev–Trinajstić information content (AvgIpc) is 2.62. The minimum atomic E-state index is 0.408. The van der Waals surface area contributed by atoms with Gasteiger partial charge in [0.25, 0.3) is 0 Å². The van der Waals surface area contributed by atoms with E-state index in [0.29, 0.717) is 12.3 Å². The summed E-state index contributed by atoms with van der Waals surface area (Å²) in [4.78, 5) is 0. The first-order valence-electron chi connectivity index (χ1n) is 9.28. The first-order valence-corrected chi connectivity index (χ1v) is 10.3. The molecule has 1 aromatic carbocycles. The molecule has 1 aliphatic carbocycles. The Morgan fingerprint density at radius 3 is 2.33 bits per heavy atom. The summed E-state index contributed by atoms with van der Waals surface area (Å²) in [5, 5.41) is 8.45. The van der Waals surface area contributed by atoms with E-state index in [1.165, 1.54) is 43.4 Å². The minimum absolute atomic E-state index is 0.408. The van der Waals surface area contributed by atoms with Gasteiger partial charge in [-0.3, -0.25) is 11.3 Å². The molecule has 0 atom stereocenters. The molecule has 0 aromatic heterocycles. The molecule has 0 radical (unpaired) electrons. The molecule has 0 amide bonds. The second kappa shape index (κ2) is 12.5. The van der Waals surface area contributed by atoms with E-state index in [1.54, 1.807) is 0 Å². The Kier molecular flexibility index (Phi) is 11.1. The number of hydrogen-bond donors (Lipinski definition) is 3. The van der Waals surface area contributed by atoms with Crippen LogP contribution in [0.15, 0.2) is 24.3 Å². The summed E-state index contributed by atoms with van der Waals surface area (Å²) in [5.74, 6) is 7.60. The zero-order valence-electron chi connectivity index (χ0n) is 15.6. The molecule has 0 bridgehead atoms. The standard InChI is InChI=1S/C10H15N3.C10H20S/c1-2-8-3-5-9(6-4-8)10(11)7-13-12;1-9(2)11-8-10-6-4-3-5-7-10/h3-6,11,13H,2,7,12H2,1H3;9-10H,3-8H2,1-2H3. The smallest absolute Gasteiger partial charge is 0.0538 e. The molecule has 3 nitrogen and oxygen atoms in total. The second-order valence-corrected chi connectivity index (χ2v) is 8.41. The van der Waals surface area contributed by atoms with Crippen molar-refractivity contribution in [2.75, 3.05) is 12.3 Å². The average molecular weight is 350 g/mol. The zero-order valence-corrected chi connectivity index (χ0v) is 16.4. The lowest BCUT2D eigenvalue weighted by atomic mass is 9.91. The van der Waals surface area contributed by atoms with E-state index in [1.807, 2.05) is 24.3 Å². The number of nitrogens with two attached hydrogens (primary N) is 1. The van der Waals surface area contributed by atoms with Gasteiger partial charge in [0.05, 0.1) is 12.3 Å².